The lowest BCUT2D eigenvalue weighted by atomic mass is 9.96. The number of fused-ring (bicyclic) bond motifs is 2. The van der Waals surface area contributed by atoms with Crippen LogP contribution in [0.4, 0.5) is 16.0 Å². The molecule has 1 aromatic heterocycles. The van der Waals surface area contributed by atoms with Gasteiger partial charge in [-0.3, -0.25) is 0 Å². The van der Waals surface area contributed by atoms with Gasteiger partial charge in [-0.05, 0) is 36.6 Å². The molecule has 9 heteroatoms. The Morgan fingerprint density at radius 3 is 2.94 bits per heavy atom. The normalized spacial score (nSPS) is 29.7. The molecular formula is C22H28FN5O3. The Balaban J connectivity index is 1.41. The maximum absolute atomic E-state index is 14.6. The van der Waals surface area contributed by atoms with Gasteiger partial charge in [0.05, 0.1) is 18.2 Å². The van der Waals surface area contributed by atoms with Crippen molar-refractivity contribution in [3.63, 3.8) is 0 Å². The van der Waals surface area contributed by atoms with E-state index in [4.69, 9.17) is 10.5 Å². The topological polar surface area (TPSA) is 117 Å². The Bertz CT molecular complexity index is 990. The molecular weight excluding hydrogens is 401 g/mol. The summed E-state index contributed by atoms with van der Waals surface area (Å²) in [6, 6.07) is 3.71. The summed E-state index contributed by atoms with van der Waals surface area (Å²) in [6.45, 7) is 3.76. The monoisotopic (exact) mass is 429 g/mol. The first-order valence-corrected chi connectivity index (χ1v) is 10.9. The van der Waals surface area contributed by atoms with Crippen LogP contribution >= 0.6 is 0 Å². The fourth-order valence-corrected chi connectivity index (χ4v) is 5.06. The van der Waals surface area contributed by atoms with Crippen molar-refractivity contribution in [2.75, 3.05) is 23.7 Å². The summed E-state index contributed by atoms with van der Waals surface area (Å²) >= 11 is 0. The smallest absolute Gasteiger partial charge is 0.150 e. The molecule has 5 N–H and O–H groups in total. The number of halogens is 1. The van der Waals surface area contributed by atoms with E-state index in [1.54, 1.807) is 4.90 Å². The number of ether oxygens (including phenoxy) is 1. The van der Waals surface area contributed by atoms with Crippen LogP contribution in [0, 0.1) is 0 Å². The molecule has 166 valence electrons. The number of aromatic nitrogens is 2. The lowest BCUT2D eigenvalue weighted by molar-refractivity contribution is -0.0124. The Morgan fingerprint density at radius 2 is 2.13 bits per heavy atom. The Kier molecular flexibility index (Phi) is 5.19. The van der Waals surface area contributed by atoms with Crippen molar-refractivity contribution >= 4 is 11.6 Å². The Hall–Kier alpha value is -2.49. The number of aliphatic hydroxyl groups excluding tert-OH is 2. The molecule has 8 nitrogen and oxygen atoms in total. The van der Waals surface area contributed by atoms with Gasteiger partial charge in [0, 0.05) is 18.5 Å². The van der Waals surface area contributed by atoms with Crippen LogP contribution in [0.25, 0.3) is 0 Å². The van der Waals surface area contributed by atoms with Gasteiger partial charge >= 0.3 is 0 Å². The number of benzene rings is 1. The molecule has 1 aliphatic carbocycles. The van der Waals surface area contributed by atoms with Gasteiger partial charge in [-0.2, -0.15) is 0 Å². The Labute approximate surface area is 180 Å². The third kappa shape index (κ3) is 3.40. The van der Waals surface area contributed by atoms with E-state index in [-0.39, 0.29) is 17.9 Å². The second-order valence-electron chi connectivity index (χ2n) is 8.57. The highest BCUT2D eigenvalue weighted by Gasteiger charge is 2.49. The quantitative estimate of drug-likeness (QED) is 0.570. The fraction of sp³-hybridized carbons (Fsp3) is 0.545. The molecule has 5 atom stereocenters. The van der Waals surface area contributed by atoms with Crippen LogP contribution < -0.4 is 20.7 Å². The third-order valence-corrected chi connectivity index (χ3v) is 6.76. The molecule has 2 aromatic rings. The van der Waals surface area contributed by atoms with Gasteiger partial charge in [0.1, 0.15) is 48.2 Å². The van der Waals surface area contributed by atoms with E-state index in [9.17, 15) is 14.6 Å². The highest BCUT2D eigenvalue weighted by molar-refractivity contribution is 5.63. The van der Waals surface area contributed by atoms with Crippen LogP contribution in [-0.2, 0) is 19.4 Å². The number of aliphatic hydroxyl groups is 2. The number of nitrogen functional groups attached to an aromatic ring is 1. The van der Waals surface area contributed by atoms with Crippen molar-refractivity contribution in [1.29, 1.82) is 0 Å². The highest BCUT2D eigenvalue weighted by atomic mass is 19.1. The molecule has 1 fully saturated rings. The van der Waals surface area contributed by atoms with Crippen molar-refractivity contribution in [3.05, 3.63) is 40.7 Å². The SMILES string of the molecule is CCc1cc2c(c(O[C@H]3C[C@@H](N4C[C@@H](F)c5c(N)ncnc54)[C@H](O)[C@@H]3O)c1)CNCC2. The van der Waals surface area contributed by atoms with Gasteiger partial charge in [-0.1, -0.05) is 13.0 Å². The van der Waals surface area contributed by atoms with Crippen LogP contribution in [0.3, 0.4) is 0 Å². The van der Waals surface area contributed by atoms with E-state index in [2.05, 4.69) is 28.3 Å². The van der Waals surface area contributed by atoms with Crippen LogP contribution in [-0.4, -0.2) is 57.6 Å². The fourth-order valence-electron chi connectivity index (χ4n) is 5.06. The molecule has 0 unspecified atom stereocenters. The minimum atomic E-state index is -1.33. The summed E-state index contributed by atoms with van der Waals surface area (Å²) in [4.78, 5) is 9.77. The van der Waals surface area contributed by atoms with E-state index >= 15 is 0 Å². The molecule has 3 heterocycles. The van der Waals surface area contributed by atoms with Gasteiger partial charge in [0.2, 0.25) is 0 Å². The Morgan fingerprint density at radius 1 is 1.29 bits per heavy atom. The number of anilines is 2. The van der Waals surface area contributed by atoms with Gasteiger partial charge < -0.3 is 30.9 Å². The summed E-state index contributed by atoms with van der Waals surface area (Å²) in [5.74, 6) is 1.23. The van der Waals surface area contributed by atoms with Crippen molar-refractivity contribution in [1.82, 2.24) is 15.3 Å². The molecule has 1 aromatic carbocycles. The molecule has 1 saturated carbocycles. The summed E-state index contributed by atoms with van der Waals surface area (Å²) in [5, 5.41) is 25.0. The van der Waals surface area contributed by atoms with Crippen LogP contribution in [0.2, 0.25) is 0 Å². The summed E-state index contributed by atoms with van der Waals surface area (Å²) < 4.78 is 20.9. The van der Waals surface area contributed by atoms with Crippen molar-refractivity contribution in [3.8, 4) is 5.75 Å². The summed E-state index contributed by atoms with van der Waals surface area (Å²) in [6.07, 6.45) is -0.677. The van der Waals surface area contributed by atoms with Crippen molar-refractivity contribution < 1.29 is 19.3 Å². The zero-order valence-corrected chi connectivity index (χ0v) is 17.5. The maximum Gasteiger partial charge on any atom is 0.150 e. The average molecular weight is 429 g/mol. The third-order valence-electron chi connectivity index (χ3n) is 6.76. The second-order valence-corrected chi connectivity index (χ2v) is 8.57. The standard InChI is InChI=1S/C22H28FN5O3/c1-2-11-5-12-3-4-25-8-13(12)16(6-11)31-17-7-15(19(29)20(17)30)28-9-14(23)18-21(24)26-10-27-22(18)28/h5-6,10,14-15,17,19-20,25,29-30H,2-4,7-9H2,1H3,(H2,24,26,27)/t14-,15-,17+,19+,20-/m1/s1. The minimum Gasteiger partial charge on any atom is -0.487 e. The molecule has 0 amide bonds. The molecule has 31 heavy (non-hydrogen) atoms. The number of nitrogens with zero attached hydrogens (tertiary/aromatic N) is 3. The van der Waals surface area contributed by atoms with E-state index in [1.165, 1.54) is 17.5 Å². The van der Waals surface area contributed by atoms with Gasteiger partial charge in [-0.25, -0.2) is 14.4 Å². The minimum absolute atomic E-state index is 0.0179. The largest absolute Gasteiger partial charge is 0.487 e. The molecule has 0 spiro atoms. The lowest BCUT2D eigenvalue weighted by Crippen LogP contribution is -2.43. The first kappa shape index (κ1) is 20.4. The average Bonchev–Trinajstić information content (AvgIpc) is 3.25. The van der Waals surface area contributed by atoms with Gasteiger partial charge in [0.25, 0.3) is 0 Å². The van der Waals surface area contributed by atoms with Crippen LogP contribution in [0.5, 0.6) is 5.75 Å². The van der Waals surface area contributed by atoms with E-state index in [0.717, 1.165) is 30.7 Å². The van der Waals surface area contributed by atoms with E-state index in [1.807, 2.05) is 6.07 Å². The number of nitrogens with one attached hydrogen (secondary N) is 1. The first-order valence-electron chi connectivity index (χ1n) is 10.9. The zero-order chi connectivity index (χ0) is 21.7. The number of hydrogen-bond acceptors (Lipinski definition) is 8. The zero-order valence-electron chi connectivity index (χ0n) is 17.5. The van der Waals surface area contributed by atoms with Crippen LogP contribution in [0.15, 0.2) is 18.5 Å². The van der Waals surface area contributed by atoms with Crippen LogP contribution in [0.1, 0.15) is 41.8 Å². The van der Waals surface area contributed by atoms with E-state index in [0.29, 0.717) is 18.8 Å². The number of alkyl halides is 1. The number of nitrogens with two attached hydrogens (primary N) is 1. The number of aryl methyl sites for hydroxylation is 1. The molecule has 0 saturated heterocycles. The summed E-state index contributed by atoms with van der Waals surface area (Å²) in [7, 11) is 0. The molecule has 2 aliphatic heterocycles. The predicted octanol–water partition coefficient (Wildman–Crippen LogP) is 1.04. The number of rotatable bonds is 4. The van der Waals surface area contributed by atoms with Crippen molar-refractivity contribution in [2.45, 2.75) is 63.3 Å². The van der Waals surface area contributed by atoms with Gasteiger partial charge in [0.15, 0.2) is 0 Å². The number of hydrogen-bond donors (Lipinski definition) is 4. The van der Waals surface area contributed by atoms with Crippen molar-refractivity contribution in [2.24, 2.45) is 0 Å². The highest BCUT2D eigenvalue weighted by Crippen LogP contribution is 2.43. The molecule has 0 bridgehead atoms. The molecule has 3 aliphatic rings. The van der Waals surface area contributed by atoms with E-state index < -0.39 is 30.5 Å². The predicted molar refractivity (Wildman–Crippen MR) is 114 cm³/mol. The maximum atomic E-state index is 14.6. The molecule has 5 rings (SSSR count). The first-order chi connectivity index (χ1) is 15.0. The second kappa shape index (κ2) is 7.89. The lowest BCUT2D eigenvalue weighted by Gasteiger charge is -2.28. The van der Waals surface area contributed by atoms with Gasteiger partial charge in [-0.15, -0.1) is 0 Å². The molecule has 0 radical (unpaired) electrons. The summed E-state index contributed by atoms with van der Waals surface area (Å²) in [5.41, 5.74) is 9.65.